The molecule has 170 valence electrons. The number of thioether (sulfide) groups is 1. The maximum absolute atomic E-state index is 12.8. The van der Waals surface area contributed by atoms with E-state index in [1.54, 1.807) is 12.4 Å². The number of pyridine rings is 1. The second kappa shape index (κ2) is 10.2. The van der Waals surface area contributed by atoms with Crippen molar-refractivity contribution in [3.63, 3.8) is 0 Å². The number of amides is 1. The molecule has 33 heavy (non-hydrogen) atoms. The summed E-state index contributed by atoms with van der Waals surface area (Å²) in [6, 6.07) is 12.5. The summed E-state index contributed by atoms with van der Waals surface area (Å²) in [7, 11) is 0. The minimum Gasteiger partial charge on any atom is -0.337 e. The summed E-state index contributed by atoms with van der Waals surface area (Å²) in [4.78, 5) is 17.0. The highest BCUT2D eigenvalue weighted by molar-refractivity contribution is 7.99. The van der Waals surface area contributed by atoms with E-state index in [4.69, 9.17) is 0 Å². The minimum absolute atomic E-state index is 0.152. The predicted octanol–water partition coefficient (Wildman–Crippen LogP) is 4.50. The van der Waals surface area contributed by atoms with E-state index >= 15 is 0 Å². The smallest absolute Gasteiger partial charge is 0.231 e. The fraction of sp³-hybridized carbons (Fsp3) is 0.400. The minimum atomic E-state index is -0.726. The summed E-state index contributed by atoms with van der Waals surface area (Å²) in [5.74, 6) is 0.718. The van der Waals surface area contributed by atoms with Gasteiger partial charge in [0.15, 0.2) is 11.0 Å². The SMILES string of the molecule is CCc1cccc(CC)c1-n1c(SCC(=O)NC2(C#N)CCCC2)nnc1-c1cccnc1. The van der Waals surface area contributed by atoms with E-state index in [-0.39, 0.29) is 11.7 Å². The largest absolute Gasteiger partial charge is 0.337 e. The van der Waals surface area contributed by atoms with Crippen LogP contribution in [0.1, 0.15) is 50.7 Å². The number of carbonyl (C=O) groups is 1. The summed E-state index contributed by atoms with van der Waals surface area (Å²) >= 11 is 1.34. The quantitative estimate of drug-likeness (QED) is 0.497. The van der Waals surface area contributed by atoms with E-state index in [0.29, 0.717) is 23.8 Å². The molecule has 1 amide bonds. The van der Waals surface area contributed by atoms with Crippen molar-refractivity contribution in [2.24, 2.45) is 0 Å². The van der Waals surface area contributed by atoms with Gasteiger partial charge in [-0.15, -0.1) is 10.2 Å². The highest BCUT2D eigenvalue weighted by Crippen LogP contribution is 2.33. The first kappa shape index (κ1) is 23.0. The Morgan fingerprint density at radius 2 is 1.88 bits per heavy atom. The lowest BCUT2D eigenvalue weighted by molar-refractivity contribution is -0.119. The molecule has 0 radical (unpaired) electrons. The zero-order valence-electron chi connectivity index (χ0n) is 19.0. The first-order valence-corrected chi connectivity index (χ1v) is 12.4. The van der Waals surface area contributed by atoms with Crippen molar-refractivity contribution >= 4 is 17.7 Å². The number of aryl methyl sites for hydroxylation is 2. The standard InChI is InChI=1S/C25H28N6OS/c1-3-18-9-7-10-19(4-2)22(18)31-23(20-11-8-14-27-15-20)29-30-24(31)33-16-21(32)28-25(17-26)12-5-6-13-25/h7-11,14-15H,3-6,12-13,16H2,1-2H3,(H,28,32). The molecule has 1 aliphatic carbocycles. The number of nitriles is 1. The fourth-order valence-corrected chi connectivity index (χ4v) is 5.16. The highest BCUT2D eigenvalue weighted by Gasteiger charge is 2.35. The summed E-state index contributed by atoms with van der Waals surface area (Å²) in [6.07, 6.45) is 8.60. The van der Waals surface area contributed by atoms with Crippen LogP contribution in [-0.4, -0.2) is 36.9 Å². The molecule has 0 unspecified atom stereocenters. The Morgan fingerprint density at radius 3 is 2.48 bits per heavy atom. The Morgan fingerprint density at radius 1 is 1.15 bits per heavy atom. The lowest BCUT2D eigenvalue weighted by Gasteiger charge is -2.22. The van der Waals surface area contributed by atoms with Crippen LogP contribution in [0.4, 0.5) is 0 Å². The Bertz CT molecular complexity index is 1140. The molecule has 1 aromatic carbocycles. The topological polar surface area (TPSA) is 96.5 Å². The van der Waals surface area contributed by atoms with Gasteiger partial charge in [-0.1, -0.05) is 43.8 Å². The van der Waals surface area contributed by atoms with Gasteiger partial charge in [-0.3, -0.25) is 14.3 Å². The van der Waals surface area contributed by atoms with E-state index < -0.39 is 5.54 Å². The Balaban J connectivity index is 1.70. The van der Waals surface area contributed by atoms with E-state index in [1.165, 1.54) is 22.9 Å². The van der Waals surface area contributed by atoms with Crippen molar-refractivity contribution in [3.05, 3.63) is 53.9 Å². The van der Waals surface area contributed by atoms with E-state index in [0.717, 1.165) is 36.9 Å². The van der Waals surface area contributed by atoms with Crippen molar-refractivity contribution in [1.82, 2.24) is 25.1 Å². The maximum atomic E-state index is 12.8. The van der Waals surface area contributed by atoms with Gasteiger partial charge in [0, 0.05) is 18.0 Å². The van der Waals surface area contributed by atoms with Gasteiger partial charge in [0.25, 0.3) is 0 Å². The van der Waals surface area contributed by atoms with Crippen LogP contribution in [0, 0.1) is 11.3 Å². The highest BCUT2D eigenvalue weighted by atomic mass is 32.2. The van der Waals surface area contributed by atoms with Crippen molar-refractivity contribution in [2.75, 3.05) is 5.75 Å². The van der Waals surface area contributed by atoms with Crippen LogP contribution in [0.2, 0.25) is 0 Å². The van der Waals surface area contributed by atoms with Gasteiger partial charge in [0.05, 0.1) is 17.5 Å². The number of nitrogens with zero attached hydrogens (tertiary/aromatic N) is 5. The normalized spacial score (nSPS) is 14.7. The van der Waals surface area contributed by atoms with E-state index in [2.05, 4.69) is 63.2 Å². The zero-order chi connectivity index (χ0) is 23.3. The molecule has 1 N–H and O–H groups in total. The number of nitrogens with one attached hydrogen (secondary N) is 1. The van der Waals surface area contributed by atoms with Gasteiger partial charge in [0.1, 0.15) is 5.54 Å². The molecule has 0 atom stereocenters. The average Bonchev–Trinajstić information content (AvgIpc) is 3.50. The van der Waals surface area contributed by atoms with Crippen molar-refractivity contribution in [3.8, 4) is 23.1 Å². The lowest BCUT2D eigenvalue weighted by atomic mass is 10.0. The van der Waals surface area contributed by atoms with Crippen LogP contribution in [0.25, 0.3) is 17.1 Å². The number of hydrogen-bond donors (Lipinski definition) is 1. The molecule has 0 aliphatic heterocycles. The second-order valence-electron chi connectivity index (χ2n) is 8.25. The first-order chi connectivity index (χ1) is 16.1. The zero-order valence-corrected chi connectivity index (χ0v) is 19.9. The molecule has 4 rings (SSSR count). The van der Waals surface area contributed by atoms with Crippen LogP contribution in [0.3, 0.4) is 0 Å². The third-order valence-corrected chi connectivity index (χ3v) is 7.05. The van der Waals surface area contributed by atoms with Crippen molar-refractivity contribution in [1.29, 1.82) is 5.26 Å². The van der Waals surface area contributed by atoms with Crippen LogP contribution in [-0.2, 0) is 17.6 Å². The molecule has 1 aliphatic rings. The van der Waals surface area contributed by atoms with Gasteiger partial charge >= 0.3 is 0 Å². The number of aromatic nitrogens is 4. The number of benzene rings is 1. The molecular weight excluding hydrogens is 432 g/mol. The molecule has 8 heteroatoms. The first-order valence-electron chi connectivity index (χ1n) is 11.4. The van der Waals surface area contributed by atoms with Crippen molar-refractivity contribution < 1.29 is 4.79 Å². The molecule has 2 heterocycles. The van der Waals surface area contributed by atoms with E-state index in [1.807, 2.05) is 12.1 Å². The summed E-state index contributed by atoms with van der Waals surface area (Å²) < 4.78 is 2.06. The van der Waals surface area contributed by atoms with Gasteiger partial charge < -0.3 is 5.32 Å². The summed E-state index contributed by atoms with van der Waals surface area (Å²) in [6.45, 7) is 4.27. The van der Waals surface area contributed by atoms with Crippen LogP contribution >= 0.6 is 11.8 Å². The molecule has 0 bridgehead atoms. The molecule has 2 aromatic heterocycles. The number of para-hydroxylation sites is 1. The molecule has 3 aromatic rings. The summed E-state index contributed by atoms with van der Waals surface area (Å²) in [5.41, 5.74) is 3.60. The van der Waals surface area contributed by atoms with Crippen LogP contribution in [0.5, 0.6) is 0 Å². The Kier molecular flexibility index (Phi) is 7.09. The maximum Gasteiger partial charge on any atom is 0.231 e. The van der Waals surface area contributed by atoms with Gasteiger partial charge in [-0.05, 0) is 61.8 Å². The molecule has 7 nitrogen and oxygen atoms in total. The lowest BCUT2D eigenvalue weighted by Crippen LogP contribution is -2.45. The third kappa shape index (κ3) is 4.79. The average molecular weight is 461 g/mol. The summed E-state index contributed by atoms with van der Waals surface area (Å²) in [5, 5.41) is 22.2. The molecule has 1 saturated carbocycles. The number of carbonyl (C=O) groups excluding carboxylic acids is 1. The molecule has 0 spiro atoms. The van der Waals surface area contributed by atoms with Gasteiger partial charge in [-0.25, -0.2) is 0 Å². The number of rotatable bonds is 8. The van der Waals surface area contributed by atoms with Crippen molar-refractivity contribution in [2.45, 2.75) is 63.1 Å². The predicted molar refractivity (Wildman–Crippen MR) is 129 cm³/mol. The van der Waals surface area contributed by atoms with Gasteiger partial charge in [0.2, 0.25) is 5.91 Å². The monoisotopic (exact) mass is 460 g/mol. The Hall–Kier alpha value is -3.18. The van der Waals surface area contributed by atoms with Gasteiger partial charge in [-0.2, -0.15) is 5.26 Å². The van der Waals surface area contributed by atoms with E-state index in [9.17, 15) is 10.1 Å². The third-order valence-electron chi connectivity index (χ3n) is 6.12. The number of hydrogen-bond acceptors (Lipinski definition) is 6. The molecule has 0 saturated heterocycles. The fourth-order valence-electron chi connectivity index (χ4n) is 4.43. The molecular formula is C25H28N6OS. The Labute approximate surface area is 198 Å². The molecule has 1 fully saturated rings. The van der Waals surface area contributed by atoms with Crippen LogP contribution < -0.4 is 5.32 Å². The second-order valence-corrected chi connectivity index (χ2v) is 9.20. The van der Waals surface area contributed by atoms with Crippen LogP contribution in [0.15, 0.2) is 47.9 Å².